The van der Waals surface area contributed by atoms with Crippen LogP contribution in [-0.4, -0.2) is 40.3 Å². The van der Waals surface area contributed by atoms with Crippen molar-refractivity contribution < 1.29 is 0 Å². The maximum atomic E-state index is 4.41. The molecule has 4 nitrogen and oxygen atoms in total. The maximum Gasteiger partial charge on any atom is 0.151 e. The number of nitrogens with zero attached hydrogens (tertiary/aromatic N) is 3. The Hall–Kier alpha value is -0.810. The van der Waals surface area contributed by atoms with Gasteiger partial charge >= 0.3 is 0 Å². The number of aromatic nitrogens is 2. The second-order valence-corrected chi connectivity index (χ2v) is 7.40. The molecule has 2 atom stereocenters. The van der Waals surface area contributed by atoms with Gasteiger partial charge < -0.3 is 10.2 Å². The molecule has 112 valence electrons. The first-order valence-electron chi connectivity index (χ1n) is 7.49. The summed E-state index contributed by atoms with van der Waals surface area (Å²) in [6.07, 6.45) is 0. The molecule has 0 spiro atoms. The van der Waals surface area contributed by atoms with Crippen molar-refractivity contribution >= 4 is 17.6 Å². The van der Waals surface area contributed by atoms with E-state index in [1.54, 1.807) is 0 Å². The lowest BCUT2D eigenvalue weighted by Crippen LogP contribution is -2.45. The van der Waals surface area contributed by atoms with Crippen LogP contribution in [0.25, 0.3) is 0 Å². The third kappa shape index (κ3) is 4.09. The molecule has 1 aliphatic heterocycles. The quantitative estimate of drug-likeness (QED) is 0.904. The number of anilines is 1. The van der Waals surface area contributed by atoms with Crippen LogP contribution in [0.5, 0.6) is 0 Å². The first-order chi connectivity index (χ1) is 9.58. The lowest BCUT2D eigenvalue weighted by Gasteiger charge is -2.38. The maximum absolute atomic E-state index is 4.41. The minimum atomic E-state index is 0.521. The smallest absolute Gasteiger partial charge is 0.151 e. The SMILES string of the molecule is CC(C)CNCc1ccc(N2CCSC(C)C2C)nn1. The van der Waals surface area contributed by atoms with Crippen molar-refractivity contribution in [1.29, 1.82) is 0 Å². The van der Waals surface area contributed by atoms with Crippen molar-refractivity contribution in [2.24, 2.45) is 5.92 Å². The highest BCUT2D eigenvalue weighted by Gasteiger charge is 2.26. The van der Waals surface area contributed by atoms with Crippen molar-refractivity contribution in [3.8, 4) is 0 Å². The third-order valence-electron chi connectivity index (χ3n) is 3.74. The van der Waals surface area contributed by atoms with Crippen LogP contribution in [0.1, 0.15) is 33.4 Å². The van der Waals surface area contributed by atoms with Crippen LogP contribution in [0.3, 0.4) is 0 Å². The Morgan fingerprint density at radius 1 is 1.35 bits per heavy atom. The summed E-state index contributed by atoms with van der Waals surface area (Å²) in [5.41, 5.74) is 1.02. The summed E-state index contributed by atoms with van der Waals surface area (Å²) in [7, 11) is 0. The summed E-state index contributed by atoms with van der Waals surface area (Å²) in [4.78, 5) is 2.37. The summed E-state index contributed by atoms with van der Waals surface area (Å²) in [6, 6.07) is 4.72. The monoisotopic (exact) mass is 294 g/mol. The predicted molar refractivity (Wildman–Crippen MR) is 87.3 cm³/mol. The summed E-state index contributed by atoms with van der Waals surface area (Å²) >= 11 is 2.04. The van der Waals surface area contributed by atoms with Gasteiger partial charge in [0.25, 0.3) is 0 Å². The largest absolute Gasteiger partial charge is 0.350 e. The van der Waals surface area contributed by atoms with E-state index in [1.165, 1.54) is 5.75 Å². The van der Waals surface area contributed by atoms with Gasteiger partial charge in [-0.3, -0.25) is 0 Å². The zero-order valence-corrected chi connectivity index (χ0v) is 13.8. The molecule has 1 saturated heterocycles. The molecule has 0 aromatic carbocycles. The molecule has 0 bridgehead atoms. The van der Waals surface area contributed by atoms with Gasteiger partial charge in [0.2, 0.25) is 0 Å². The molecule has 1 N–H and O–H groups in total. The van der Waals surface area contributed by atoms with Crippen molar-refractivity contribution in [2.45, 2.75) is 45.5 Å². The molecule has 2 rings (SSSR count). The van der Waals surface area contributed by atoms with Crippen LogP contribution >= 0.6 is 11.8 Å². The van der Waals surface area contributed by atoms with Crippen LogP contribution in [0.2, 0.25) is 0 Å². The zero-order valence-electron chi connectivity index (χ0n) is 13.0. The lowest BCUT2D eigenvalue weighted by molar-refractivity contribution is 0.545. The van der Waals surface area contributed by atoms with Crippen molar-refractivity contribution in [3.63, 3.8) is 0 Å². The van der Waals surface area contributed by atoms with E-state index in [-0.39, 0.29) is 0 Å². The van der Waals surface area contributed by atoms with E-state index in [4.69, 9.17) is 0 Å². The summed E-state index contributed by atoms with van der Waals surface area (Å²) in [5.74, 6) is 2.85. The van der Waals surface area contributed by atoms with Gasteiger partial charge in [0.15, 0.2) is 5.82 Å². The fourth-order valence-electron chi connectivity index (χ4n) is 2.35. The average Bonchev–Trinajstić information content (AvgIpc) is 2.42. The van der Waals surface area contributed by atoms with E-state index in [2.05, 4.69) is 60.2 Å². The Bertz CT molecular complexity index is 407. The third-order valence-corrected chi connectivity index (χ3v) is 5.08. The molecule has 1 aromatic rings. The molecular formula is C15H26N4S. The fraction of sp³-hybridized carbons (Fsp3) is 0.733. The molecule has 2 unspecified atom stereocenters. The average molecular weight is 294 g/mol. The van der Waals surface area contributed by atoms with Gasteiger partial charge in [0.1, 0.15) is 0 Å². The number of nitrogens with one attached hydrogen (secondary N) is 1. The second-order valence-electron chi connectivity index (χ2n) is 5.92. The van der Waals surface area contributed by atoms with E-state index in [0.717, 1.165) is 31.1 Å². The van der Waals surface area contributed by atoms with Gasteiger partial charge in [-0.2, -0.15) is 16.9 Å². The molecule has 0 aliphatic carbocycles. The summed E-state index contributed by atoms with van der Waals surface area (Å²) in [6.45, 7) is 11.9. The molecule has 0 radical (unpaired) electrons. The van der Waals surface area contributed by atoms with Crippen LogP contribution < -0.4 is 10.2 Å². The molecule has 1 aliphatic rings. The highest BCUT2D eigenvalue weighted by atomic mass is 32.2. The second kappa shape index (κ2) is 7.27. The highest BCUT2D eigenvalue weighted by molar-refractivity contribution is 8.00. The van der Waals surface area contributed by atoms with Crippen molar-refractivity contribution in [3.05, 3.63) is 17.8 Å². The number of hydrogen-bond acceptors (Lipinski definition) is 5. The Morgan fingerprint density at radius 2 is 2.15 bits per heavy atom. The number of thioether (sulfide) groups is 1. The first-order valence-corrected chi connectivity index (χ1v) is 8.54. The van der Waals surface area contributed by atoms with Gasteiger partial charge in [-0.1, -0.05) is 20.8 Å². The molecule has 0 amide bonds. The predicted octanol–water partition coefficient (Wildman–Crippen LogP) is 2.55. The van der Waals surface area contributed by atoms with E-state index in [1.807, 2.05) is 11.8 Å². The van der Waals surface area contributed by atoms with E-state index < -0.39 is 0 Å². The Labute approximate surface area is 126 Å². The zero-order chi connectivity index (χ0) is 14.5. The van der Waals surface area contributed by atoms with Gasteiger partial charge in [0.05, 0.1) is 5.69 Å². The molecule has 20 heavy (non-hydrogen) atoms. The summed E-state index contributed by atoms with van der Waals surface area (Å²) < 4.78 is 0. The highest BCUT2D eigenvalue weighted by Crippen LogP contribution is 2.27. The Morgan fingerprint density at radius 3 is 2.80 bits per heavy atom. The number of rotatable bonds is 5. The molecule has 5 heteroatoms. The Balaban J connectivity index is 1.93. The van der Waals surface area contributed by atoms with E-state index in [0.29, 0.717) is 17.2 Å². The summed E-state index contributed by atoms with van der Waals surface area (Å²) in [5, 5.41) is 12.8. The van der Waals surface area contributed by atoms with Crippen LogP contribution in [-0.2, 0) is 6.54 Å². The van der Waals surface area contributed by atoms with Gasteiger partial charge in [-0.25, -0.2) is 0 Å². The van der Waals surface area contributed by atoms with Gasteiger partial charge in [-0.05, 0) is 31.5 Å². The van der Waals surface area contributed by atoms with Gasteiger partial charge in [-0.15, -0.1) is 5.10 Å². The minimum Gasteiger partial charge on any atom is -0.350 e. The normalized spacial score (nSPS) is 23.4. The topological polar surface area (TPSA) is 41.0 Å². The molecule has 1 fully saturated rings. The van der Waals surface area contributed by atoms with E-state index in [9.17, 15) is 0 Å². The molecule has 0 saturated carbocycles. The van der Waals surface area contributed by atoms with E-state index >= 15 is 0 Å². The molecule has 1 aromatic heterocycles. The fourth-order valence-corrected chi connectivity index (χ4v) is 3.44. The minimum absolute atomic E-state index is 0.521. The molecule has 2 heterocycles. The van der Waals surface area contributed by atoms with Crippen LogP contribution in [0.4, 0.5) is 5.82 Å². The van der Waals surface area contributed by atoms with Crippen LogP contribution in [0.15, 0.2) is 12.1 Å². The van der Waals surface area contributed by atoms with Crippen molar-refractivity contribution in [1.82, 2.24) is 15.5 Å². The Kier molecular flexibility index (Phi) is 5.66. The standard InChI is InChI=1S/C15H26N4S/c1-11(2)9-16-10-14-5-6-15(18-17-14)19-7-8-20-13(4)12(19)3/h5-6,11-13,16H,7-10H2,1-4H3. The molecular weight excluding hydrogens is 268 g/mol. The van der Waals surface area contributed by atoms with Crippen molar-refractivity contribution in [2.75, 3.05) is 23.7 Å². The first kappa shape index (κ1) is 15.6. The number of hydrogen-bond donors (Lipinski definition) is 1. The van der Waals surface area contributed by atoms with Gasteiger partial charge in [0, 0.05) is 30.1 Å². The lowest BCUT2D eigenvalue weighted by atomic mass is 10.2. The van der Waals surface area contributed by atoms with Crippen LogP contribution in [0, 0.1) is 5.92 Å².